The minimum Gasteiger partial charge on any atom is -0.392 e. The fraction of sp³-hybridized carbons (Fsp3) is 0.500. The monoisotopic (exact) mass is 358 g/mol. The van der Waals surface area contributed by atoms with Crippen molar-refractivity contribution in [1.82, 2.24) is 9.88 Å². The van der Waals surface area contributed by atoms with Crippen molar-refractivity contribution in [3.05, 3.63) is 52.0 Å². The van der Waals surface area contributed by atoms with Crippen LogP contribution in [-0.4, -0.2) is 40.1 Å². The first-order valence-electron chi connectivity index (χ1n) is 9.01. The molecule has 0 spiro atoms. The number of thiazole rings is 1. The van der Waals surface area contributed by atoms with E-state index in [1.165, 1.54) is 0 Å². The molecule has 0 aliphatic carbocycles. The van der Waals surface area contributed by atoms with Crippen molar-refractivity contribution in [3.8, 4) is 0 Å². The van der Waals surface area contributed by atoms with E-state index < -0.39 is 0 Å². The third-order valence-electron chi connectivity index (χ3n) is 4.89. The lowest BCUT2D eigenvalue weighted by Crippen LogP contribution is -2.41. The molecule has 1 N–H and O–H groups in total. The minimum atomic E-state index is -0.341. The predicted octanol–water partition coefficient (Wildman–Crippen LogP) is 3.72. The van der Waals surface area contributed by atoms with Gasteiger partial charge in [-0.25, -0.2) is 4.98 Å². The van der Waals surface area contributed by atoms with Crippen molar-refractivity contribution in [2.45, 2.75) is 45.1 Å². The molecule has 134 valence electrons. The van der Waals surface area contributed by atoms with Crippen molar-refractivity contribution in [2.24, 2.45) is 5.92 Å². The number of hydrogen-bond donors (Lipinski definition) is 1. The molecule has 3 rings (SSSR count). The van der Waals surface area contributed by atoms with E-state index in [1.54, 1.807) is 11.3 Å². The molecule has 1 aromatic carbocycles. The number of hydrogen-bond acceptors (Lipinski definition) is 4. The van der Waals surface area contributed by atoms with Crippen LogP contribution in [0.25, 0.3) is 0 Å². The summed E-state index contributed by atoms with van der Waals surface area (Å²) in [5, 5.41) is 13.4. The van der Waals surface area contributed by atoms with Crippen molar-refractivity contribution in [1.29, 1.82) is 0 Å². The molecule has 0 bridgehead atoms. The summed E-state index contributed by atoms with van der Waals surface area (Å²) in [6.45, 7) is 5.58. The summed E-state index contributed by atoms with van der Waals surface area (Å²) in [4.78, 5) is 19.0. The van der Waals surface area contributed by atoms with E-state index >= 15 is 0 Å². The molecule has 1 unspecified atom stereocenters. The van der Waals surface area contributed by atoms with Gasteiger partial charge in [0.2, 0.25) is 0 Å². The lowest BCUT2D eigenvalue weighted by molar-refractivity contribution is 0.0464. The highest BCUT2D eigenvalue weighted by Crippen LogP contribution is 2.25. The molecule has 1 aromatic heterocycles. The summed E-state index contributed by atoms with van der Waals surface area (Å²) in [5.74, 6) is 0.635. The zero-order valence-electron chi connectivity index (χ0n) is 14.9. The Kier molecular flexibility index (Phi) is 5.86. The average Bonchev–Trinajstić information content (AvgIpc) is 3.12. The topological polar surface area (TPSA) is 53.4 Å². The maximum Gasteiger partial charge on any atom is 0.273 e. The first-order valence-corrected chi connectivity index (χ1v) is 9.89. The summed E-state index contributed by atoms with van der Waals surface area (Å²) in [5.41, 5.74) is 1.73. The Morgan fingerprint density at radius 3 is 2.56 bits per heavy atom. The molecule has 25 heavy (non-hydrogen) atoms. The van der Waals surface area contributed by atoms with E-state index in [4.69, 9.17) is 0 Å². The highest BCUT2D eigenvalue weighted by molar-refractivity contribution is 7.09. The van der Waals surface area contributed by atoms with Gasteiger partial charge in [-0.3, -0.25) is 4.79 Å². The third-order valence-corrected chi connectivity index (χ3v) is 6.04. The summed E-state index contributed by atoms with van der Waals surface area (Å²) >= 11 is 1.56. The molecule has 2 heterocycles. The van der Waals surface area contributed by atoms with Gasteiger partial charge in [0.25, 0.3) is 5.91 Å². The molecule has 1 amide bonds. The number of aliphatic hydroxyl groups excluding tert-OH is 1. The van der Waals surface area contributed by atoms with E-state index in [2.05, 4.69) is 31.0 Å². The summed E-state index contributed by atoms with van der Waals surface area (Å²) in [6.07, 6.45) is 2.04. The normalized spacial score (nSPS) is 17.0. The molecule has 1 atom stereocenters. The number of carbonyl (C=O) groups is 1. The Bertz CT molecular complexity index is 691. The lowest BCUT2D eigenvalue weighted by atomic mass is 9.88. The molecule has 0 radical (unpaired) electrons. The second-order valence-electron chi connectivity index (χ2n) is 7.11. The van der Waals surface area contributed by atoms with E-state index in [0.29, 0.717) is 31.1 Å². The molecule has 2 aromatic rings. The van der Waals surface area contributed by atoms with Crippen LogP contribution in [0.4, 0.5) is 0 Å². The van der Waals surface area contributed by atoms with Crippen molar-refractivity contribution in [2.75, 3.05) is 13.1 Å². The molecular weight excluding hydrogens is 332 g/mol. The second-order valence-corrected chi connectivity index (χ2v) is 8.00. The van der Waals surface area contributed by atoms with Crippen LogP contribution in [0.5, 0.6) is 0 Å². The van der Waals surface area contributed by atoms with Crippen LogP contribution in [-0.2, 0) is 6.42 Å². The van der Waals surface area contributed by atoms with Gasteiger partial charge in [0, 0.05) is 24.4 Å². The SMILES string of the molecule is CC(C)c1nc(C(=O)N2CCC(C(O)Cc3ccccc3)CC2)cs1. The standard InChI is InChI=1S/C20H26N2O2S/c1-14(2)19-21-17(13-25-19)20(24)22-10-8-16(9-11-22)18(23)12-15-6-4-3-5-7-15/h3-7,13-14,16,18,23H,8-12H2,1-2H3. The zero-order chi connectivity index (χ0) is 17.8. The molecule has 4 nitrogen and oxygen atoms in total. The number of aromatic nitrogens is 1. The number of benzene rings is 1. The first-order chi connectivity index (χ1) is 12.0. The number of amides is 1. The highest BCUT2D eigenvalue weighted by atomic mass is 32.1. The van der Waals surface area contributed by atoms with Crippen molar-refractivity contribution < 1.29 is 9.90 Å². The quantitative estimate of drug-likeness (QED) is 0.886. The number of piperidine rings is 1. The van der Waals surface area contributed by atoms with E-state index in [0.717, 1.165) is 23.4 Å². The first kappa shape index (κ1) is 18.1. The van der Waals surface area contributed by atoms with Gasteiger partial charge in [-0.05, 0) is 30.7 Å². The molecule has 1 fully saturated rings. The summed E-state index contributed by atoms with van der Waals surface area (Å²) in [7, 11) is 0. The van der Waals surface area contributed by atoms with Crippen LogP contribution in [0.2, 0.25) is 0 Å². The Balaban J connectivity index is 1.53. The van der Waals surface area contributed by atoms with E-state index in [9.17, 15) is 9.90 Å². The van der Waals surface area contributed by atoms with Crippen LogP contribution >= 0.6 is 11.3 Å². The van der Waals surface area contributed by atoms with Gasteiger partial charge >= 0.3 is 0 Å². The number of likely N-dealkylation sites (tertiary alicyclic amines) is 1. The predicted molar refractivity (Wildman–Crippen MR) is 101 cm³/mol. The van der Waals surface area contributed by atoms with Crippen molar-refractivity contribution in [3.63, 3.8) is 0 Å². The Morgan fingerprint density at radius 1 is 1.28 bits per heavy atom. The van der Waals surface area contributed by atoms with Gasteiger partial charge in [0.1, 0.15) is 5.69 Å². The minimum absolute atomic E-state index is 0.0270. The Morgan fingerprint density at radius 2 is 1.96 bits per heavy atom. The highest BCUT2D eigenvalue weighted by Gasteiger charge is 2.29. The molecule has 1 saturated heterocycles. The van der Waals surface area contributed by atoms with Crippen LogP contribution < -0.4 is 0 Å². The van der Waals surface area contributed by atoms with Gasteiger partial charge < -0.3 is 10.0 Å². The van der Waals surface area contributed by atoms with Crippen molar-refractivity contribution >= 4 is 17.2 Å². The Hall–Kier alpha value is -1.72. The van der Waals surface area contributed by atoms with E-state index in [1.807, 2.05) is 28.5 Å². The maximum atomic E-state index is 12.6. The summed E-state index contributed by atoms with van der Waals surface area (Å²) in [6, 6.07) is 10.1. The fourth-order valence-electron chi connectivity index (χ4n) is 3.32. The number of aliphatic hydroxyl groups is 1. The largest absolute Gasteiger partial charge is 0.392 e. The smallest absolute Gasteiger partial charge is 0.273 e. The van der Waals surface area contributed by atoms with Crippen LogP contribution in [0.3, 0.4) is 0 Å². The van der Waals surface area contributed by atoms with Gasteiger partial charge in [-0.1, -0.05) is 44.2 Å². The molecule has 1 aliphatic rings. The fourth-order valence-corrected chi connectivity index (χ4v) is 4.13. The van der Waals surface area contributed by atoms with Gasteiger partial charge in [0.05, 0.1) is 11.1 Å². The lowest BCUT2D eigenvalue weighted by Gasteiger charge is -2.34. The van der Waals surface area contributed by atoms with Gasteiger partial charge in [-0.2, -0.15) is 0 Å². The molecule has 0 saturated carbocycles. The average molecular weight is 359 g/mol. The number of carbonyl (C=O) groups excluding carboxylic acids is 1. The van der Waals surface area contributed by atoms with Gasteiger partial charge in [-0.15, -0.1) is 11.3 Å². The molecular formula is C20H26N2O2S. The third kappa shape index (κ3) is 4.47. The second kappa shape index (κ2) is 8.11. The van der Waals surface area contributed by atoms with Crippen LogP contribution in [0, 0.1) is 5.92 Å². The Labute approximate surface area is 153 Å². The molecule has 5 heteroatoms. The van der Waals surface area contributed by atoms with Gasteiger partial charge in [0.15, 0.2) is 0 Å². The summed E-state index contributed by atoms with van der Waals surface area (Å²) < 4.78 is 0. The number of nitrogens with zero attached hydrogens (tertiary/aromatic N) is 2. The van der Waals surface area contributed by atoms with Crippen LogP contribution in [0.1, 0.15) is 53.7 Å². The maximum absolute atomic E-state index is 12.6. The van der Waals surface area contributed by atoms with E-state index in [-0.39, 0.29) is 17.9 Å². The van der Waals surface area contributed by atoms with Crippen LogP contribution in [0.15, 0.2) is 35.7 Å². The molecule has 1 aliphatic heterocycles. The number of rotatable bonds is 5. The zero-order valence-corrected chi connectivity index (χ0v) is 15.7.